The summed E-state index contributed by atoms with van der Waals surface area (Å²) < 4.78 is 38.0. The van der Waals surface area contributed by atoms with Crippen molar-refractivity contribution >= 4 is 23.9 Å². The second kappa shape index (κ2) is 20.2. The minimum absolute atomic E-state index is 0.0492. The van der Waals surface area contributed by atoms with Crippen molar-refractivity contribution in [3.05, 3.63) is 76.5 Å². The molecule has 2 saturated heterocycles. The van der Waals surface area contributed by atoms with E-state index in [1.807, 2.05) is 59.7 Å². The average molecular weight is 926 g/mol. The molecule has 0 bridgehead atoms. The molecule has 2 aliphatic rings. The molecule has 10 atom stereocenters. The van der Waals surface area contributed by atoms with Crippen LogP contribution in [0.4, 0.5) is 0 Å². The van der Waals surface area contributed by atoms with Gasteiger partial charge in [-0.3, -0.25) is 24.2 Å². The van der Waals surface area contributed by atoms with Crippen LogP contribution < -0.4 is 0 Å². The van der Waals surface area contributed by atoms with E-state index in [9.17, 15) is 19.2 Å². The summed E-state index contributed by atoms with van der Waals surface area (Å²) in [5.74, 6) is -1.73. The van der Waals surface area contributed by atoms with E-state index < -0.39 is 76.0 Å². The molecular weight excluding hydrogens is 847 g/mol. The number of pyridine rings is 1. The van der Waals surface area contributed by atoms with Crippen molar-refractivity contribution in [3.63, 3.8) is 0 Å². The minimum Gasteiger partial charge on any atom is -0.462 e. The summed E-state index contributed by atoms with van der Waals surface area (Å²) in [7, 11) is 0. The maximum Gasteiger partial charge on any atom is 0.311 e. The molecule has 0 spiro atoms. The topological polar surface area (TPSA) is 137 Å². The molecule has 67 heavy (non-hydrogen) atoms. The van der Waals surface area contributed by atoms with Crippen LogP contribution in [-0.4, -0.2) is 66.0 Å². The van der Waals surface area contributed by atoms with Gasteiger partial charge in [0.2, 0.25) is 0 Å². The number of benzene rings is 2. The maximum absolute atomic E-state index is 13.6. The van der Waals surface area contributed by atoms with Crippen LogP contribution in [0.1, 0.15) is 157 Å². The normalized spacial score (nSPS) is 26.1. The Morgan fingerprint density at radius 3 is 1.49 bits per heavy atom. The molecule has 11 nitrogen and oxygen atoms in total. The smallest absolute Gasteiger partial charge is 0.311 e. The maximum atomic E-state index is 13.6. The first-order chi connectivity index (χ1) is 30.8. The molecule has 1 aromatic heterocycles. The molecule has 0 N–H and O–H groups in total. The van der Waals surface area contributed by atoms with Gasteiger partial charge in [0.25, 0.3) is 0 Å². The fourth-order valence-corrected chi connectivity index (χ4v) is 8.69. The van der Waals surface area contributed by atoms with Gasteiger partial charge in [0.1, 0.15) is 31.0 Å². The molecular formula is C56H79NO10. The van der Waals surface area contributed by atoms with Crippen LogP contribution in [0.2, 0.25) is 0 Å². The van der Waals surface area contributed by atoms with Gasteiger partial charge in [0, 0.05) is 28.7 Å². The minimum atomic E-state index is -1.04. The number of aryl methyl sites for hydroxylation is 3. The number of rotatable bonds is 10. The lowest BCUT2D eigenvalue weighted by atomic mass is 9.78. The average Bonchev–Trinajstić information content (AvgIpc) is 3.22. The fraction of sp³-hybridized carbons (Fsp3) is 0.625. The van der Waals surface area contributed by atoms with Crippen molar-refractivity contribution in [2.75, 3.05) is 6.61 Å². The van der Waals surface area contributed by atoms with Gasteiger partial charge in [-0.25, -0.2) is 0 Å². The van der Waals surface area contributed by atoms with E-state index in [0.29, 0.717) is 0 Å². The Kier molecular flexibility index (Phi) is 16.0. The SMILES string of the molecule is CC[C@H]1O[C@H](c2ccc(-c3ccc(-c4ccc([C@H]5O[C@H](COC(=O)C(C)(C)C)[C@@H](OC(=O)C(C)(C)C)[C@H](OC(=O)C(C)(C)C)[C@@H]5C)c(C)c4)nc3C)cc2C)[C@@H](OC(=O)C(C)(C)C)[C@@H](C)[C@@H]1C. The van der Waals surface area contributed by atoms with E-state index in [-0.39, 0.29) is 36.6 Å². The summed E-state index contributed by atoms with van der Waals surface area (Å²) in [6.45, 7) is 35.8. The Balaban J connectivity index is 1.46. The number of ether oxygens (including phenoxy) is 6. The molecule has 0 radical (unpaired) electrons. The summed E-state index contributed by atoms with van der Waals surface area (Å²) in [4.78, 5) is 58.4. The van der Waals surface area contributed by atoms with Crippen molar-refractivity contribution in [2.24, 2.45) is 39.4 Å². The van der Waals surface area contributed by atoms with Gasteiger partial charge in [-0.05, 0) is 156 Å². The Morgan fingerprint density at radius 1 is 0.537 bits per heavy atom. The molecule has 3 aromatic rings. The lowest BCUT2D eigenvalue weighted by molar-refractivity contribution is -0.240. The summed E-state index contributed by atoms with van der Waals surface area (Å²) in [6, 6.07) is 16.6. The number of hydrogen-bond donors (Lipinski definition) is 0. The predicted molar refractivity (Wildman–Crippen MR) is 261 cm³/mol. The molecule has 3 heterocycles. The van der Waals surface area contributed by atoms with E-state index in [2.05, 4.69) is 58.0 Å². The van der Waals surface area contributed by atoms with E-state index in [0.717, 1.165) is 56.8 Å². The molecule has 2 aliphatic heterocycles. The third kappa shape index (κ3) is 12.2. The molecule has 0 saturated carbocycles. The van der Waals surface area contributed by atoms with E-state index in [1.54, 1.807) is 62.3 Å². The van der Waals surface area contributed by atoms with E-state index in [1.165, 1.54) is 0 Å². The van der Waals surface area contributed by atoms with Gasteiger partial charge in [0.15, 0.2) is 6.10 Å². The highest BCUT2D eigenvalue weighted by Gasteiger charge is 2.51. The monoisotopic (exact) mass is 926 g/mol. The first-order valence-corrected chi connectivity index (χ1v) is 24.2. The number of esters is 4. The molecule has 0 unspecified atom stereocenters. The van der Waals surface area contributed by atoms with Crippen molar-refractivity contribution in [2.45, 2.75) is 181 Å². The fourth-order valence-electron chi connectivity index (χ4n) is 8.69. The van der Waals surface area contributed by atoms with Gasteiger partial charge in [-0.2, -0.15) is 0 Å². The Bertz CT molecular complexity index is 2290. The van der Waals surface area contributed by atoms with Gasteiger partial charge in [-0.1, -0.05) is 64.1 Å². The molecule has 2 fully saturated rings. The summed E-state index contributed by atoms with van der Waals surface area (Å²) in [5, 5.41) is 0. The zero-order chi connectivity index (χ0) is 50.3. The van der Waals surface area contributed by atoms with Crippen LogP contribution in [0.3, 0.4) is 0 Å². The molecule has 5 rings (SSSR count). The Labute approximate surface area is 400 Å². The van der Waals surface area contributed by atoms with Gasteiger partial charge < -0.3 is 28.4 Å². The molecule has 368 valence electrons. The summed E-state index contributed by atoms with van der Waals surface area (Å²) in [6.07, 6.45) is -3.39. The zero-order valence-electron chi connectivity index (χ0n) is 43.8. The second-order valence-corrected chi connectivity index (χ2v) is 23.4. The van der Waals surface area contributed by atoms with Crippen LogP contribution in [0, 0.1) is 60.2 Å². The second-order valence-electron chi connectivity index (χ2n) is 23.4. The first-order valence-electron chi connectivity index (χ1n) is 24.2. The van der Waals surface area contributed by atoms with Crippen LogP contribution in [-0.2, 0) is 47.6 Å². The first kappa shape index (κ1) is 53.3. The highest BCUT2D eigenvalue weighted by atomic mass is 16.6. The quantitative estimate of drug-likeness (QED) is 0.142. The Morgan fingerprint density at radius 2 is 1.00 bits per heavy atom. The van der Waals surface area contributed by atoms with Gasteiger partial charge in [-0.15, -0.1) is 0 Å². The summed E-state index contributed by atoms with van der Waals surface area (Å²) in [5.41, 5.74) is 5.32. The predicted octanol–water partition coefficient (Wildman–Crippen LogP) is 12.0. The van der Waals surface area contributed by atoms with Crippen molar-refractivity contribution in [3.8, 4) is 22.4 Å². The third-order valence-electron chi connectivity index (χ3n) is 13.4. The molecule has 0 aliphatic carbocycles. The van der Waals surface area contributed by atoms with Crippen LogP contribution in [0.25, 0.3) is 22.4 Å². The van der Waals surface area contributed by atoms with Crippen LogP contribution in [0.15, 0.2) is 48.5 Å². The lowest BCUT2D eigenvalue weighted by Crippen LogP contribution is -2.57. The highest BCUT2D eigenvalue weighted by Crippen LogP contribution is 2.45. The number of carbonyl (C=O) groups is 4. The molecule has 11 heteroatoms. The summed E-state index contributed by atoms with van der Waals surface area (Å²) >= 11 is 0. The van der Waals surface area contributed by atoms with Crippen molar-refractivity contribution in [1.29, 1.82) is 0 Å². The van der Waals surface area contributed by atoms with Crippen LogP contribution in [0.5, 0.6) is 0 Å². The standard InChI is InChI=1S/C56H79NO10/c1-20-42-32(4)33(5)45(65-50(59)54(11,12)13)47(63-42)39-23-21-36(27-30(39)2)40-25-26-41(57-35(40)7)37-22-24-38(31(3)28-37)44-34(6)46(66-51(60)55(14,15)16)48(67-52(61)56(17,18)19)43(64-44)29-62-49(58)53(8,9)10/h21-28,32-34,42-48H,20,29H2,1-19H3/t32-,33-,34+,42+,43+,44-,45-,46+,47+,48+/m0/s1. The van der Waals surface area contributed by atoms with Crippen molar-refractivity contribution < 1.29 is 47.6 Å². The third-order valence-corrected chi connectivity index (χ3v) is 13.4. The number of aromatic nitrogens is 1. The number of nitrogens with zero attached hydrogens (tertiary/aromatic N) is 1. The zero-order valence-corrected chi connectivity index (χ0v) is 43.8. The van der Waals surface area contributed by atoms with E-state index >= 15 is 0 Å². The number of carbonyl (C=O) groups excluding carboxylic acids is 4. The Hall–Kier alpha value is -4.61. The van der Waals surface area contributed by atoms with Crippen LogP contribution >= 0.6 is 0 Å². The largest absolute Gasteiger partial charge is 0.462 e. The number of hydrogen-bond acceptors (Lipinski definition) is 11. The molecule has 0 amide bonds. The van der Waals surface area contributed by atoms with Gasteiger partial charge >= 0.3 is 23.9 Å². The van der Waals surface area contributed by atoms with E-state index in [4.69, 9.17) is 33.4 Å². The highest BCUT2D eigenvalue weighted by molar-refractivity contribution is 5.78. The molecule has 2 aromatic carbocycles. The lowest BCUT2D eigenvalue weighted by Gasteiger charge is -2.46. The van der Waals surface area contributed by atoms with Gasteiger partial charge in [0.05, 0.1) is 39.6 Å². The van der Waals surface area contributed by atoms with Crippen molar-refractivity contribution in [1.82, 2.24) is 4.98 Å².